The van der Waals surface area contributed by atoms with Crippen molar-refractivity contribution in [3.63, 3.8) is 0 Å². The van der Waals surface area contributed by atoms with Crippen LogP contribution < -0.4 is 9.80 Å². The van der Waals surface area contributed by atoms with E-state index in [1.54, 1.807) is 24.3 Å². The minimum Gasteiger partial charge on any atom is -0.377 e. The topological polar surface area (TPSA) is 40.6 Å². The molecule has 0 saturated carbocycles. The van der Waals surface area contributed by atoms with Crippen LogP contribution in [-0.2, 0) is 9.84 Å². The average Bonchev–Trinajstić information content (AvgIpc) is 2.47. The van der Waals surface area contributed by atoms with Crippen LogP contribution in [0.1, 0.15) is 0 Å². The SMILES string of the molecule is CN(C)c1ccccc1S(=O)(=O)c1ccccc1N(C)C. The van der Waals surface area contributed by atoms with Gasteiger partial charge in [0.25, 0.3) is 0 Å². The monoisotopic (exact) mass is 304 g/mol. The van der Waals surface area contributed by atoms with Crippen molar-refractivity contribution in [2.45, 2.75) is 9.79 Å². The summed E-state index contributed by atoms with van der Waals surface area (Å²) in [6.45, 7) is 0. The molecule has 0 spiro atoms. The zero-order valence-electron chi connectivity index (χ0n) is 12.7. The third-order valence-corrected chi connectivity index (χ3v) is 5.12. The van der Waals surface area contributed by atoms with Gasteiger partial charge in [0.15, 0.2) is 0 Å². The molecule has 0 atom stereocenters. The predicted octanol–water partition coefficient (Wildman–Crippen LogP) is 2.65. The molecule has 2 aromatic carbocycles. The maximum absolute atomic E-state index is 13.0. The lowest BCUT2D eigenvalue weighted by Crippen LogP contribution is -2.17. The molecule has 2 rings (SSSR count). The first-order chi connectivity index (χ1) is 9.85. The van der Waals surface area contributed by atoms with Gasteiger partial charge in [-0.15, -0.1) is 0 Å². The second kappa shape index (κ2) is 5.77. The first kappa shape index (κ1) is 15.4. The quantitative estimate of drug-likeness (QED) is 0.871. The van der Waals surface area contributed by atoms with Gasteiger partial charge in [0.2, 0.25) is 9.84 Å². The molecule has 0 saturated heterocycles. The van der Waals surface area contributed by atoms with E-state index in [1.165, 1.54) is 0 Å². The number of anilines is 2. The summed E-state index contributed by atoms with van der Waals surface area (Å²) in [5.41, 5.74) is 1.37. The van der Waals surface area contributed by atoms with E-state index in [4.69, 9.17) is 0 Å². The van der Waals surface area contributed by atoms with Gasteiger partial charge in [-0.05, 0) is 24.3 Å². The van der Waals surface area contributed by atoms with Crippen molar-refractivity contribution in [2.24, 2.45) is 0 Å². The molecule has 5 heteroatoms. The second-order valence-corrected chi connectivity index (χ2v) is 7.11. The third-order valence-electron chi connectivity index (χ3n) is 3.27. The fourth-order valence-electron chi connectivity index (χ4n) is 2.23. The minimum atomic E-state index is -3.57. The normalized spacial score (nSPS) is 11.2. The van der Waals surface area contributed by atoms with Gasteiger partial charge in [-0.2, -0.15) is 0 Å². The molecule has 0 amide bonds. The number of benzene rings is 2. The van der Waals surface area contributed by atoms with Crippen LogP contribution in [0.3, 0.4) is 0 Å². The van der Waals surface area contributed by atoms with Gasteiger partial charge in [0, 0.05) is 28.2 Å². The smallest absolute Gasteiger partial charge is 0.210 e. The number of hydrogen-bond acceptors (Lipinski definition) is 4. The Labute approximate surface area is 126 Å². The molecule has 112 valence electrons. The number of para-hydroxylation sites is 2. The lowest BCUT2D eigenvalue weighted by molar-refractivity contribution is 0.596. The maximum atomic E-state index is 13.0. The standard InChI is InChI=1S/C16H20N2O2S/c1-17(2)13-9-5-7-11-15(13)21(19,20)16-12-8-6-10-14(16)18(3)4/h5-12H,1-4H3. The highest BCUT2D eigenvalue weighted by Crippen LogP contribution is 2.33. The van der Waals surface area contributed by atoms with Gasteiger partial charge >= 0.3 is 0 Å². The van der Waals surface area contributed by atoms with Crippen LogP contribution in [0.25, 0.3) is 0 Å². The van der Waals surface area contributed by atoms with Gasteiger partial charge in [-0.25, -0.2) is 8.42 Å². The van der Waals surface area contributed by atoms with Gasteiger partial charge in [-0.1, -0.05) is 24.3 Å². The first-order valence-electron chi connectivity index (χ1n) is 6.63. The van der Waals surface area contributed by atoms with Gasteiger partial charge in [0.05, 0.1) is 21.2 Å². The molecule has 0 unspecified atom stereocenters. The second-order valence-electron chi connectivity index (χ2n) is 5.23. The molecule has 0 bridgehead atoms. The van der Waals surface area contributed by atoms with Gasteiger partial charge < -0.3 is 9.80 Å². The van der Waals surface area contributed by atoms with Crippen molar-refractivity contribution in [2.75, 3.05) is 38.0 Å². The summed E-state index contributed by atoms with van der Waals surface area (Å²) >= 11 is 0. The molecule has 0 aliphatic heterocycles. The molecule has 0 aliphatic rings. The Balaban J connectivity index is 2.70. The van der Waals surface area contributed by atoms with Gasteiger partial charge in [0.1, 0.15) is 0 Å². The minimum absolute atomic E-state index is 0.323. The van der Waals surface area contributed by atoms with Gasteiger partial charge in [-0.3, -0.25) is 0 Å². The summed E-state index contributed by atoms with van der Waals surface area (Å²) in [5.74, 6) is 0. The number of hydrogen-bond donors (Lipinski definition) is 0. The average molecular weight is 304 g/mol. The fraction of sp³-hybridized carbons (Fsp3) is 0.250. The molecule has 0 radical (unpaired) electrons. The maximum Gasteiger partial charge on any atom is 0.210 e. The highest BCUT2D eigenvalue weighted by Gasteiger charge is 2.25. The molecule has 0 fully saturated rings. The van der Waals surface area contributed by atoms with Crippen molar-refractivity contribution < 1.29 is 8.42 Å². The zero-order chi connectivity index (χ0) is 15.6. The Hall–Kier alpha value is -2.01. The molecule has 0 N–H and O–H groups in total. The van der Waals surface area contributed by atoms with E-state index in [0.29, 0.717) is 21.2 Å². The van der Waals surface area contributed by atoms with E-state index < -0.39 is 9.84 Å². The van der Waals surface area contributed by atoms with E-state index in [9.17, 15) is 8.42 Å². The van der Waals surface area contributed by atoms with E-state index in [0.717, 1.165) is 0 Å². The Kier molecular flexibility index (Phi) is 4.23. The van der Waals surface area contributed by atoms with Crippen molar-refractivity contribution >= 4 is 21.2 Å². The number of rotatable bonds is 4. The molecule has 21 heavy (non-hydrogen) atoms. The summed E-state index contributed by atoms with van der Waals surface area (Å²) in [6, 6.07) is 14.1. The molecule has 0 aromatic heterocycles. The molecule has 0 aliphatic carbocycles. The first-order valence-corrected chi connectivity index (χ1v) is 8.12. The Bertz CT molecular complexity index is 680. The summed E-state index contributed by atoms with van der Waals surface area (Å²) in [5, 5.41) is 0. The third kappa shape index (κ3) is 2.88. The summed E-state index contributed by atoms with van der Waals surface area (Å²) in [6.07, 6.45) is 0. The highest BCUT2D eigenvalue weighted by atomic mass is 32.2. The fourth-order valence-corrected chi connectivity index (χ4v) is 4.03. The molecular weight excluding hydrogens is 284 g/mol. The lowest BCUT2D eigenvalue weighted by Gasteiger charge is -2.20. The van der Waals surface area contributed by atoms with Crippen molar-refractivity contribution in [3.05, 3.63) is 48.5 Å². The number of nitrogens with zero attached hydrogens (tertiary/aromatic N) is 2. The number of sulfone groups is 1. The van der Waals surface area contributed by atoms with Crippen molar-refractivity contribution in [3.8, 4) is 0 Å². The van der Waals surface area contributed by atoms with Crippen LogP contribution in [-0.4, -0.2) is 36.6 Å². The van der Waals surface area contributed by atoms with Crippen LogP contribution in [0, 0.1) is 0 Å². The van der Waals surface area contributed by atoms with Crippen molar-refractivity contribution in [1.82, 2.24) is 0 Å². The molecule has 0 heterocycles. The van der Waals surface area contributed by atoms with Crippen LogP contribution in [0.5, 0.6) is 0 Å². The summed E-state index contributed by atoms with van der Waals surface area (Å²) in [4.78, 5) is 4.27. The van der Waals surface area contributed by atoms with Crippen LogP contribution in [0.4, 0.5) is 11.4 Å². The highest BCUT2D eigenvalue weighted by molar-refractivity contribution is 7.91. The Morgan fingerprint density at radius 3 is 1.33 bits per heavy atom. The molecular formula is C16H20N2O2S. The van der Waals surface area contributed by atoms with E-state index >= 15 is 0 Å². The summed E-state index contributed by atoms with van der Waals surface area (Å²) in [7, 11) is 3.78. The molecule has 2 aromatic rings. The van der Waals surface area contributed by atoms with Crippen LogP contribution >= 0.6 is 0 Å². The van der Waals surface area contributed by atoms with E-state index in [1.807, 2.05) is 62.3 Å². The predicted molar refractivity (Wildman–Crippen MR) is 87.0 cm³/mol. The largest absolute Gasteiger partial charge is 0.377 e. The van der Waals surface area contributed by atoms with Crippen LogP contribution in [0.2, 0.25) is 0 Å². The lowest BCUT2D eigenvalue weighted by atomic mass is 10.3. The van der Waals surface area contributed by atoms with E-state index in [2.05, 4.69) is 0 Å². The zero-order valence-corrected chi connectivity index (χ0v) is 13.6. The van der Waals surface area contributed by atoms with E-state index in [-0.39, 0.29) is 0 Å². The van der Waals surface area contributed by atoms with Crippen molar-refractivity contribution in [1.29, 1.82) is 0 Å². The molecule has 4 nitrogen and oxygen atoms in total. The summed E-state index contributed by atoms with van der Waals surface area (Å²) < 4.78 is 26.1. The van der Waals surface area contributed by atoms with Crippen LogP contribution in [0.15, 0.2) is 58.3 Å². The Morgan fingerprint density at radius 2 is 1.00 bits per heavy atom. The Morgan fingerprint density at radius 1 is 0.667 bits per heavy atom.